The number of nitrogens with one attached hydrogen (secondary N) is 1. The third-order valence-electron chi connectivity index (χ3n) is 4.57. The second kappa shape index (κ2) is 8.85. The van der Waals surface area contributed by atoms with Crippen LogP contribution in [0.5, 0.6) is 0 Å². The maximum Gasteiger partial charge on any atom is 0.287 e. The van der Waals surface area contributed by atoms with Crippen LogP contribution >= 0.6 is 0 Å². The van der Waals surface area contributed by atoms with Crippen molar-refractivity contribution in [1.29, 1.82) is 0 Å². The quantitative estimate of drug-likeness (QED) is 0.663. The second-order valence-corrected chi connectivity index (χ2v) is 7.82. The first-order chi connectivity index (χ1) is 13.4. The first kappa shape index (κ1) is 19.8. The van der Waals surface area contributed by atoms with Crippen LogP contribution in [0.3, 0.4) is 0 Å². The Morgan fingerprint density at radius 1 is 1.00 bits per heavy atom. The highest BCUT2D eigenvalue weighted by Crippen LogP contribution is 2.21. The third kappa shape index (κ3) is 5.54. The van der Waals surface area contributed by atoms with Gasteiger partial charge in [0.15, 0.2) is 5.76 Å². The van der Waals surface area contributed by atoms with Crippen LogP contribution in [0.15, 0.2) is 71.4 Å². The summed E-state index contributed by atoms with van der Waals surface area (Å²) in [6, 6.07) is 17.7. The maximum absolute atomic E-state index is 12.4. The molecule has 0 aliphatic heterocycles. The van der Waals surface area contributed by atoms with Crippen LogP contribution in [0.1, 0.15) is 48.2 Å². The molecule has 5 nitrogen and oxygen atoms in total. The van der Waals surface area contributed by atoms with Crippen molar-refractivity contribution in [2.24, 2.45) is 0 Å². The summed E-state index contributed by atoms with van der Waals surface area (Å²) >= 11 is 0. The summed E-state index contributed by atoms with van der Waals surface area (Å²) in [6.07, 6.45) is 3.44. The molecular formula is C23H27N3O2. The van der Waals surface area contributed by atoms with Crippen LogP contribution in [-0.4, -0.2) is 21.3 Å². The van der Waals surface area contributed by atoms with E-state index in [4.69, 9.17) is 4.42 Å². The molecule has 1 amide bonds. The molecular weight excluding hydrogens is 350 g/mol. The molecule has 0 spiro atoms. The Labute approximate surface area is 166 Å². The maximum atomic E-state index is 12.4. The summed E-state index contributed by atoms with van der Waals surface area (Å²) in [4.78, 5) is 18.7. The second-order valence-electron chi connectivity index (χ2n) is 7.82. The minimum absolute atomic E-state index is 0.0363. The number of amides is 1. The Hall–Kier alpha value is -2.92. The van der Waals surface area contributed by atoms with Crippen LogP contribution in [0.2, 0.25) is 0 Å². The van der Waals surface area contributed by atoms with Crippen molar-refractivity contribution in [3.05, 3.63) is 89.6 Å². The van der Waals surface area contributed by atoms with Crippen LogP contribution in [0, 0.1) is 0 Å². The van der Waals surface area contributed by atoms with E-state index < -0.39 is 0 Å². The van der Waals surface area contributed by atoms with Crippen LogP contribution in [-0.2, 0) is 19.6 Å². The monoisotopic (exact) mass is 377 g/mol. The lowest BCUT2D eigenvalue weighted by atomic mass is 10.0. The van der Waals surface area contributed by atoms with Gasteiger partial charge < -0.3 is 9.73 Å². The van der Waals surface area contributed by atoms with Crippen molar-refractivity contribution in [2.45, 2.75) is 45.9 Å². The normalized spacial score (nSPS) is 11.6. The first-order valence-electron chi connectivity index (χ1n) is 9.46. The highest BCUT2D eigenvalue weighted by Gasteiger charge is 2.23. The number of benzene rings is 1. The van der Waals surface area contributed by atoms with Gasteiger partial charge in [-0.05, 0) is 50.1 Å². The molecule has 0 aliphatic rings. The Kier molecular flexibility index (Phi) is 6.26. The van der Waals surface area contributed by atoms with E-state index in [1.54, 1.807) is 18.5 Å². The van der Waals surface area contributed by atoms with Gasteiger partial charge in [-0.3, -0.25) is 14.7 Å². The minimum atomic E-state index is -0.222. The molecule has 2 aromatic heterocycles. The topological polar surface area (TPSA) is 58.4 Å². The molecule has 0 aliphatic carbocycles. The van der Waals surface area contributed by atoms with E-state index in [-0.39, 0.29) is 11.4 Å². The molecule has 2 heterocycles. The highest BCUT2D eigenvalue weighted by atomic mass is 16.4. The predicted octanol–water partition coefficient (Wildman–Crippen LogP) is 4.41. The number of furan rings is 1. The van der Waals surface area contributed by atoms with Gasteiger partial charge in [0, 0.05) is 31.0 Å². The largest absolute Gasteiger partial charge is 0.455 e. The van der Waals surface area contributed by atoms with Crippen molar-refractivity contribution < 1.29 is 9.21 Å². The van der Waals surface area contributed by atoms with Gasteiger partial charge in [-0.2, -0.15) is 0 Å². The number of rotatable bonds is 7. The van der Waals surface area contributed by atoms with Crippen LogP contribution in [0.4, 0.5) is 0 Å². The standard InChI is InChI=1S/C23H27N3O2/c1-23(2,3)26(16-18-8-5-4-6-9-18)17-20-11-12-21(28-20)22(27)25-15-19-10-7-13-24-14-19/h4-14H,15-17H2,1-3H3,(H,25,27). The van der Waals surface area contributed by atoms with Crippen molar-refractivity contribution in [3.8, 4) is 0 Å². The molecule has 28 heavy (non-hydrogen) atoms. The number of pyridine rings is 1. The van der Waals surface area contributed by atoms with Gasteiger partial charge in [0.2, 0.25) is 0 Å². The van der Waals surface area contributed by atoms with Crippen LogP contribution < -0.4 is 5.32 Å². The zero-order chi connectivity index (χ0) is 20.0. The lowest BCUT2D eigenvalue weighted by Crippen LogP contribution is -2.40. The number of nitrogens with zero attached hydrogens (tertiary/aromatic N) is 2. The first-order valence-corrected chi connectivity index (χ1v) is 9.46. The van der Waals surface area contributed by atoms with E-state index >= 15 is 0 Å². The summed E-state index contributed by atoms with van der Waals surface area (Å²) in [5.41, 5.74) is 2.16. The summed E-state index contributed by atoms with van der Waals surface area (Å²) < 4.78 is 5.83. The Balaban J connectivity index is 1.63. The summed E-state index contributed by atoms with van der Waals surface area (Å²) in [6.45, 7) is 8.41. The molecule has 1 N–H and O–H groups in total. The molecule has 0 fully saturated rings. The molecule has 0 unspecified atom stereocenters. The number of carbonyl (C=O) groups is 1. The van der Waals surface area contributed by atoms with E-state index in [0.717, 1.165) is 17.9 Å². The summed E-state index contributed by atoms with van der Waals surface area (Å²) in [5, 5.41) is 2.87. The zero-order valence-electron chi connectivity index (χ0n) is 16.7. The van der Waals surface area contributed by atoms with E-state index in [0.29, 0.717) is 18.8 Å². The van der Waals surface area contributed by atoms with Gasteiger partial charge >= 0.3 is 0 Å². The van der Waals surface area contributed by atoms with Gasteiger partial charge in [0.1, 0.15) is 5.76 Å². The Morgan fingerprint density at radius 2 is 1.75 bits per heavy atom. The molecule has 1 aromatic carbocycles. The van der Waals surface area contributed by atoms with Crippen molar-refractivity contribution in [2.75, 3.05) is 0 Å². The van der Waals surface area contributed by atoms with Gasteiger partial charge in [0.25, 0.3) is 5.91 Å². The van der Waals surface area contributed by atoms with E-state index in [9.17, 15) is 4.79 Å². The van der Waals surface area contributed by atoms with Gasteiger partial charge in [-0.25, -0.2) is 0 Å². The third-order valence-corrected chi connectivity index (χ3v) is 4.57. The molecule has 3 aromatic rings. The van der Waals surface area contributed by atoms with Crippen molar-refractivity contribution in [3.63, 3.8) is 0 Å². The fourth-order valence-corrected chi connectivity index (χ4v) is 2.88. The lowest BCUT2D eigenvalue weighted by molar-refractivity contribution is 0.0903. The Bertz CT molecular complexity index is 883. The molecule has 0 atom stereocenters. The smallest absolute Gasteiger partial charge is 0.287 e. The van der Waals surface area contributed by atoms with Gasteiger partial charge in [-0.15, -0.1) is 0 Å². The van der Waals surface area contributed by atoms with Crippen molar-refractivity contribution >= 4 is 5.91 Å². The zero-order valence-corrected chi connectivity index (χ0v) is 16.7. The summed E-state index contributed by atoms with van der Waals surface area (Å²) in [5.74, 6) is 0.880. The van der Waals surface area contributed by atoms with E-state index in [1.165, 1.54) is 5.56 Å². The Morgan fingerprint density at radius 3 is 2.43 bits per heavy atom. The fourth-order valence-electron chi connectivity index (χ4n) is 2.88. The lowest BCUT2D eigenvalue weighted by Gasteiger charge is -2.35. The molecule has 0 saturated carbocycles. The average Bonchev–Trinajstić information content (AvgIpc) is 3.15. The molecule has 3 rings (SSSR count). The molecule has 0 bridgehead atoms. The summed E-state index contributed by atoms with van der Waals surface area (Å²) in [7, 11) is 0. The number of hydrogen-bond donors (Lipinski definition) is 1. The molecule has 5 heteroatoms. The van der Waals surface area contributed by atoms with Crippen molar-refractivity contribution in [1.82, 2.24) is 15.2 Å². The van der Waals surface area contributed by atoms with Gasteiger partial charge in [0.05, 0.1) is 6.54 Å². The van der Waals surface area contributed by atoms with Gasteiger partial charge in [-0.1, -0.05) is 36.4 Å². The van der Waals surface area contributed by atoms with Crippen LogP contribution in [0.25, 0.3) is 0 Å². The van der Waals surface area contributed by atoms with E-state index in [1.807, 2.05) is 36.4 Å². The fraction of sp³-hybridized carbons (Fsp3) is 0.304. The molecule has 0 saturated heterocycles. The number of aromatic nitrogens is 1. The molecule has 0 radical (unpaired) electrons. The SMILES string of the molecule is CC(C)(C)N(Cc1ccccc1)Cc1ccc(C(=O)NCc2cccnc2)o1. The average molecular weight is 377 g/mol. The highest BCUT2D eigenvalue weighted by molar-refractivity contribution is 5.91. The number of carbonyl (C=O) groups excluding carboxylic acids is 1. The predicted molar refractivity (Wildman–Crippen MR) is 110 cm³/mol. The van der Waals surface area contributed by atoms with E-state index in [2.05, 4.69) is 48.1 Å². The molecule has 146 valence electrons. The number of hydrogen-bond acceptors (Lipinski definition) is 4. The minimum Gasteiger partial charge on any atom is -0.455 e.